The van der Waals surface area contributed by atoms with Gasteiger partial charge in [0.05, 0.1) is 18.1 Å². The molecule has 2 heterocycles. The summed E-state index contributed by atoms with van der Waals surface area (Å²) in [5.74, 6) is 0.769. The summed E-state index contributed by atoms with van der Waals surface area (Å²) in [7, 11) is 0. The highest BCUT2D eigenvalue weighted by Crippen LogP contribution is 2.23. The Bertz CT molecular complexity index is 580. The fourth-order valence-electron chi connectivity index (χ4n) is 3.08. The second kappa shape index (κ2) is 6.22. The predicted octanol–water partition coefficient (Wildman–Crippen LogP) is 3.55. The van der Waals surface area contributed by atoms with Crippen molar-refractivity contribution in [1.29, 1.82) is 0 Å². The van der Waals surface area contributed by atoms with Gasteiger partial charge in [-0.2, -0.15) is 0 Å². The molecule has 2 atom stereocenters. The topological polar surface area (TPSA) is 42.2 Å². The highest BCUT2D eigenvalue weighted by molar-refractivity contribution is 9.10. The van der Waals surface area contributed by atoms with E-state index in [1.54, 1.807) is 6.20 Å². The van der Waals surface area contributed by atoms with Crippen molar-refractivity contribution in [1.82, 2.24) is 19.7 Å². The molecule has 1 fully saturated rings. The molecule has 1 aliphatic carbocycles. The van der Waals surface area contributed by atoms with Gasteiger partial charge in [0.15, 0.2) is 5.65 Å². The average molecular weight is 337 g/mol. The fourth-order valence-corrected chi connectivity index (χ4v) is 3.39. The number of rotatable bonds is 3. The minimum atomic E-state index is 0.633. The van der Waals surface area contributed by atoms with Crippen LogP contribution >= 0.6 is 15.9 Å². The zero-order valence-electron chi connectivity index (χ0n) is 11.8. The number of nitrogens with zero attached hydrogens (tertiary/aromatic N) is 3. The van der Waals surface area contributed by atoms with E-state index in [4.69, 9.17) is 0 Å². The second-order valence-electron chi connectivity index (χ2n) is 5.79. The molecule has 2 aromatic heterocycles. The monoisotopic (exact) mass is 336 g/mol. The van der Waals surface area contributed by atoms with Gasteiger partial charge in [-0.25, -0.2) is 9.97 Å². The van der Waals surface area contributed by atoms with E-state index in [9.17, 15) is 0 Å². The first-order chi connectivity index (χ1) is 9.74. The summed E-state index contributed by atoms with van der Waals surface area (Å²) >= 11 is 3.42. The summed E-state index contributed by atoms with van der Waals surface area (Å²) in [5.41, 5.74) is 2.10. The molecule has 5 heteroatoms. The lowest BCUT2D eigenvalue weighted by Gasteiger charge is -2.22. The fraction of sp³-hybridized carbons (Fsp3) is 0.600. The van der Waals surface area contributed by atoms with E-state index in [2.05, 4.69) is 42.5 Å². The van der Waals surface area contributed by atoms with Crippen LogP contribution in [0.2, 0.25) is 0 Å². The van der Waals surface area contributed by atoms with Crippen molar-refractivity contribution in [3.63, 3.8) is 0 Å². The quantitative estimate of drug-likeness (QED) is 0.871. The molecule has 1 N–H and O–H groups in total. The smallest absolute Gasteiger partial charge is 0.155 e. The number of imidazole rings is 1. The normalized spacial score (nSPS) is 23.9. The standard InChI is InChI=1S/C15H21BrN4/c1-11-5-3-2-4-6-13(11)17-7-12-8-19-15-9-18-14(16)10-20(12)15/h8-11,13,17H,2-7H2,1H3. The number of hydrogen-bond acceptors (Lipinski definition) is 3. The SMILES string of the molecule is CC1CCCCCC1NCc1cnc2cnc(Br)cn12. The Labute approximate surface area is 128 Å². The van der Waals surface area contributed by atoms with Crippen LogP contribution < -0.4 is 5.32 Å². The first kappa shape index (κ1) is 14.0. The van der Waals surface area contributed by atoms with Gasteiger partial charge in [0.1, 0.15) is 4.60 Å². The van der Waals surface area contributed by atoms with Gasteiger partial charge in [0.2, 0.25) is 0 Å². The van der Waals surface area contributed by atoms with E-state index in [1.807, 2.05) is 12.4 Å². The summed E-state index contributed by atoms with van der Waals surface area (Å²) < 4.78 is 2.94. The van der Waals surface area contributed by atoms with Crippen LogP contribution in [0, 0.1) is 5.92 Å². The molecule has 20 heavy (non-hydrogen) atoms. The van der Waals surface area contributed by atoms with E-state index in [-0.39, 0.29) is 0 Å². The zero-order chi connectivity index (χ0) is 13.9. The van der Waals surface area contributed by atoms with Gasteiger partial charge in [0, 0.05) is 18.8 Å². The Morgan fingerprint density at radius 3 is 3.00 bits per heavy atom. The molecule has 0 saturated heterocycles. The lowest BCUT2D eigenvalue weighted by molar-refractivity contribution is 0.354. The number of fused-ring (bicyclic) bond motifs is 1. The first-order valence-corrected chi connectivity index (χ1v) is 8.24. The number of aromatic nitrogens is 3. The third kappa shape index (κ3) is 3.04. The maximum atomic E-state index is 4.40. The summed E-state index contributed by atoms with van der Waals surface area (Å²) in [5, 5.41) is 3.73. The second-order valence-corrected chi connectivity index (χ2v) is 6.60. The Morgan fingerprint density at radius 2 is 2.10 bits per heavy atom. The van der Waals surface area contributed by atoms with Crippen LogP contribution in [0.15, 0.2) is 23.2 Å². The number of hydrogen-bond donors (Lipinski definition) is 1. The van der Waals surface area contributed by atoms with Crippen LogP contribution in [0.5, 0.6) is 0 Å². The molecule has 4 nitrogen and oxygen atoms in total. The summed E-state index contributed by atoms with van der Waals surface area (Å²) in [6, 6.07) is 0.633. The Kier molecular flexibility index (Phi) is 4.36. The van der Waals surface area contributed by atoms with E-state index in [1.165, 1.54) is 37.8 Å². The van der Waals surface area contributed by atoms with Crippen molar-refractivity contribution >= 4 is 21.6 Å². The molecule has 0 aromatic carbocycles. The van der Waals surface area contributed by atoms with Gasteiger partial charge in [-0.15, -0.1) is 0 Å². The maximum Gasteiger partial charge on any atom is 0.155 e. The molecule has 1 aliphatic rings. The summed E-state index contributed by atoms with van der Waals surface area (Å²) in [6.45, 7) is 3.24. The Hall–Kier alpha value is -0.940. The highest BCUT2D eigenvalue weighted by atomic mass is 79.9. The third-order valence-corrected chi connectivity index (χ3v) is 4.76. The molecular weight excluding hydrogens is 316 g/mol. The van der Waals surface area contributed by atoms with E-state index in [0.29, 0.717) is 6.04 Å². The molecule has 0 spiro atoms. The van der Waals surface area contributed by atoms with Gasteiger partial charge >= 0.3 is 0 Å². The van der Waals surface area contributed by atoms with Gasteiger partial charge < -0.3 is 5.32 Å². The minimum Gasteiger partial charge on any atom is -0.308 e. The molecule has 0 bridgehead atoms. The zero-order valence-corrected chi connectivity index (χ0v) is 13.4. The van der Waals surface area contributed by atoms with Crippen molar-refractivity contribution in [2.24, 2.45) is 5.92 Å². The summed E-state index contributed by atoms with van der Waals surface area (Å²) in [6.07, 6.45) is 12.5. The van der Waals surface area contributed by atoms with Crippen LogP contribution in [0.1, 0.15) is 44.7 Å². The van der Waals surface area contributed by atoms with Crippen molar-refractivity contribution in [2.45, 2.75) is 51.6 Å². The van der Waals surface area contributed by atoms with Crippen LogP contribution in [-0.2, 0) is 6.54 Å². The molecule has 0 amide bonds. The van der Waals surface area contributed by atoms with Gasteiger partial charge in [-0.1, -0.05) is 26.2 Å². The van der Waals surface area contributed by atoms with Gasteiger partial charge in [-0.3, -0.25) is 4.40 Å². The highest BCUT2D eigenvalue weighted by Gasteiger charge is 2.19. The largest absolute Gasteiger partial charge is 0.308 e. The number of nitrogens with one attached hydrogen (secondary N) is 1. The molecular formula is C15H21BrN4. The minimum absolute atomic E-state index is 0.633. The molecule has 2 unspecified atom stereocenters. The first-order valence-electron chi connectivity index (χ1n) is 7.45. The van der Waals surface area contributed by atoms with Crippen molar-refractivity contribution in [3.8, 4) is 0 Å². The predicted molar refractivity (Wildman–Crippen MR) is 83.6 cm³/mol. The van der Waals surface area contributed by atoms with Crippen LogP contribution in [-0.4, -0.2) is 20.4 Å². The molecule has 0 aliphatic heterocycles. The van der Waals surface area contributed by atoms with Gasteiger partial charge in [-0.05, 0) is 34.7 Å². The Morgan fingerprint density at radius 1 is 1.25 bits per heavy atom. The number of halogens is 1. The lowest BCUT2D eigenvalue weighted by Crippen LogP contribution is -2.34. The molecule has 3 rings (SSSR count). The van der Waals surface area contributed by atoms with Gasteiger partial charge in [0.25, 0.3) is 0 Å². The third-order valence-electron chi connectivity index (χ3n) is 4.35. The maximum absolute atomic E-state index is 4.40. The van der Waals surface area contributed by atoms with E-state index in [0.717, 1.165) is 22.7 Å². The van der Waals surface area contributed by atoms with E-state index < -0.39 is 0 Å². The van der Waals surface area contributed by atoms with Crippen molar-refractivity contribution in [3.05, 3.63) is 28.9 Å². The van der Waals surface area contributed by atoms with Crippen LogP contribution in [0.3, 0.4) is 0 Å². The molecule has 2 aromatic rings. The molecule has 0 radical (unpaired) electrons. The molecule has 108 valence electrons. The van der Waals surface area contributed by atoms with Crippen LogP contribution in [0.25, 0.3) is 5.65 Å². The lowest BCUT2D eigenvalue weighted by atomic mass is 9.97. The van der Waals surface area contributed by atoms with E-state index >= 15 is 0 Å². The van der Waals surface area contributed by atoms with Crippen molar-refractivity contribution in [2.75, 3.05) is 0 Å². The van der Waals surface area contributed by atoms with Crippen LogP contribution in [0.4, 0.5) is 0 Å². The van der Waals surface area contributed by atoms with Crippen molar-refractivity contribution < 1.29 is 0 Å². The summed E-state index contributed by atoms with van der Waals surface area (Å²) in [4.78, 5) is 8.61. The average Bonchev–Trinajstić information content (AvgIpc) is 2.72. The Balaban J connectivity index is 1.71. The molecule has 1 saturated carbocycles.